The highest BCUT2D eigenvalue weighted by atomic mass is 15.1. The number of fused-ring (bicyclic) bond motifs is 1. The van der Waals surface area contributed by atoms with E-state index in [0.717, 1.165) is 22.8 Å². The van der Waals surface area contributed by atoms with Crippen molar-refractivity contribution >= 4 is 16.9 Å². The first-order chi connectivity index (χ1) is 8.29. The molecule has 4 heteroatoms. The number of pyridine rings is 1. The van der Waals surface area contributed by atoms with E-state index in [1.807, 2.05) is 30.2 Å². The summed E-state index contributed by atoms with van der Waals surface area (Å²) in [5.74, 6) is 1.77. The smallest absolute Gasteiger partial charge is 0.154 e. The van der Waals surface area contributed by atoms with Crippen molar-refractivity contribution < 1.29 is 0 Å². The topological polar surface area (TPSA) is 42.7 Å². The molecule has 1 fully saturated rings. The zero-order chi connectivity index (χ0) is 11.8. The number of imidazole rings is 1. The molecule has 0 spiro atoms. The van der Waals surface area contributed by atoms with Gasteiger partial charge in [-0.1, -0.05) is 13.3 Å². The molecule has 1 aliphatic rings. The predicted octanol–water partition coefficient (Wildman–Crippen LogP) is 2.57. The Morgan fingerprint density at radius 3 is 3.18 bits per heavy atom. The molecule has 0 amide bonds. The van der Waals surface area contributed by atoms with Gasteiger partial charge in [-0.3, -0.25) is 0 Å². The third-order valence-electron chi connectivity index (χ3n) is 3.55. The summed E-state index contributed by atoms with van der Waals surface area (Å²) < 4.78 is 2.03. The normalized spacial score (nSPS) is 22.9. The zero-order valence-electron chi connectivity index (χ0n) is 10.3. The second kappa shape index (κ2) is 4.02. The van der Waals surface area contributed by atoms with Gasteiger partial charge in [-0.25, -0.2) is 9.97 Å². The number of hydrogen-bond donors (Lipinski definition) is 1. The van der Waals surface area contributed by atoms with E-state index in [2.05, 4.69) is 22.2 Å². The quantitative estimate of drug-likeness (QED) is 0.877. The number of rotatable bonds is 4. The highest BCUT2D eigenvalue weighted by Gasteiger charge is 2.36. The maximum absolute atomic E-state index is 4.41. The molecule has 0 bridgehead atoms. The Bertz CT molecular complexity index is 531. The standard InChI is InChI=1S/C13H18N4/c1-3-4-9-7-10(9)16-13-12-11(5-6-14-13)17(2)8-15-12/h5-6,8-10H,3-4,7H2,1-2H3,(H,14,16). The zero-order valence-corrected chi connectivity index (χ0v) is 10.3. The molecule has 1 saturated carbocycles. The number of nitrogens with zero attached hydrogens (tertiary/aromatic N) is 3. The number of aryl methyl sites for hydroxylation is 1. The van der Waals surface area contributed by atoms with Gasteiger partial charge < -0.3 is 9.88 Å². The van der Waals surface area contributed by atoms with Crippen LogP contribution in [0.1, 0.15) is 26.2 Å². The van der Waals surface area contributed by atoms with Crippen molar-refractivity contribution in [1.29, 1.82) is 0 Å². The van der Waals surface area contributed by atoms with Gasteiger partial charge in [0.05, 0.1) is 11.8 Å². The lowest BCUT2D eigenvalue weighted by molar-refractivity contribution is 0.692. The van der Waals surface area contributed by atoms with E-state index in [4.69, 9.17) is 0 Å². The molecule has 0 radical (unpaired) electrons. The van der Waals surface area contributed by atoms with Crippen LogP contribution in [0, 0.1) is 5.92 Å². The van der Waals surface area contributed by atoms with Gasteiger partial charge in [0.15, 0.2) is 5.82 Å². The second-order valence-corrected chi connectivity index (χ2v) is 4.92. The molecule has 1 aliphatic carbocycles. The summed E-state index contributed by atoms with van der Waals surface area (Å²) in [6.07, 6.45) is 7.55. The van der Waals surface area contributed by atoms with Crippen LogP contribution in [-0.2, 0) is 7.05 Å². The van der Waals surface area contributed by atoms with E-state index in [1.54, 1.807) is 0 Å². The fraction of sp³-hybridized carbons (Fsp3) is 0.538. The highest BCUT2D eigenvalue weighted by molar-refractivity contribution is 5.85. The van der Waals surface area contributed by atoms with Gasteiger partial charge in [-0.05, 0) is 24.8 Å². The van der Waals surface area contributed by atoms with E-state index in [9.17, 15) is 0 Å². The highest BCUT2D eigenvalue weighted by Crippen LogP contribution is 2.37. The first-order valence-electron chi connectivity index (χ1n) is 6.32. The summed E-state index contributed by atoms with van der Waals surface area (Å²) in [5, 5.41) is 3.52. The van der Waals surface area contributed by atoms with Crippen molar-refractivity contribution in [1.82, 2.24) is 14.5 Å². The maximum Gasteiger partial charge on any atom is 0.154 e. The molecule has 3 rings (SSSR count). The fourth-order valence-electron chi connectivity index (χ4n) is 2.46. The Hall–Kier alpha value is -1.58. The Labute approximate surface area is 101 Å². The van der Waals surface area contributed by atoms with Crippen LogP contribution in [0.25, 0.3) is 11.0 Å². The maximum atomic E-state index is 4.41. The molecule has 0 aliphatic heterocycles. The number of anilines is 1. The van der Waals surface area contributed by atoms with Crippen LogP contribution in [0.4, 0.5) is 5.82 Å². The van der Waals surface area contributed by atoms with E-state index in [0.29, 0.717) is 6.04 Å². The van der Waals surface area contributed by atoms with Crippen molar-refractivity contribution in [2.45, 2.75) is 32.2 Å². The van der Waals surface area contributed by atoms with Crippen molar-refractivity contribution in [3.63, 3.8) is 0 Å². The monoisotopic (exact) mass is 230 g/mol. The van der Waals surface area contributed by atoms with E-state index in [-0.39, 0.29) is 0 Å². The first-order valence-corrected chi connectivity index (χ1v) is 6.32. The number of hydrogen-bond acceptors (Lipinski definition) is 3. The molecule has 2 unspecified atom stereocenters. The van der Waals surface area contributed by atoms with Crippen LogP contribution in [0.15, 0.2) is 18.6 Å². The lowest BCUT2D eigenvalue weighted by atomic mass is 10.2. The molecule has 2 heterocycles. The molecular formula is C13H18N4. The van der Waals surface area contributed by atoms with Crippen LogP contribution < -0.4 is 5.32 Å². The van der Waals surface area contributed by atoms with Gasteiger partial charge in [-0.2, -0.15) is 0 Å². The molecule has 2 aromatic heterocycles. The minimum atomic E-state index is 0.607. The minimum Gasteiger partial charge on any atom is -0.365 e. The van der Waals surface area contributed by atoms with Crippen molar-refractivity contribution in [3.05, 3.63) is 18.6 Å². The summed E-state index contributed by atoms with van der Waals surface area (Å²) >= 11 is 0. The lowest BCUT2D eigenvalue weighted by Crippen LogP contribution is -2.06. The van der Waals surface area contributed by atoms with Crippen molar-refractivity contribution in [2.24, 2.45) is 13.0 Å². The van der Waals surface area contributed by atoms with Crippen molar-refractivity contribution in [3.8, 4) is 0 Å². The molecule has 1 N–H and O–H groups in total. The number of aromatic nitrogens is 3. The Kier molecular flexibility index (Phi) is 2.50. The van der Waals surface area contributed by atoms with Crippen LogP contribution in [0.3, 0.4) is 0 Å². The predicted molar refractivity (Wildman–Crippen MR) is 68.9 cm³/mol. The third-order valence-corrected chi connectivity index (χ3v) is 3.55. The van der Waals surface area contributed by atoms with Gasteiger partial charge >= 0.3 is 0 Å². The van der Waals surface area contributed by atoms with Crippen LogP contribution in [-0.4, -0.2) is 20.6 Å². The van der Waals surface area contributed by atoms with Gasteiger partial charge in [0.1, 0.15) is 5.52 Å². The molecule has 17 heavy (non-hydrogen) atoms. The van der Waals surface area contributed by atoms with Crippen LogP contribution in [0.2, 0.25) is 0 Å². The summed E-state index contributed by atoms with van der Waals surface area (Å²) in [4.78, 5) is 8.82. The minimum absolute atomic E-state index is 0.607. The Balaban J connectivity index is 1.82. The SMILES string of the molecule is CCCC1CC1Nc1nccc2c1ncn2C. The van der Waals surface area contributed by atoms with Crippen LogP contribution in [0.5, 0.6) is 0 Å². The molecule has 0 saturated heterocycles. The van der Waals surface area contributed by atoms with Gasteiger partial charge in [0.25, 0.3) is 0 Å². The van der Waals surface area contributed by atoms with Gasteiger partial charge in [-0.15, -0.1) is 0 Å². The Morgan fingerprint density at radius 1 is 1.47 bits per heavy atom. The molecular weight excluding hydrogens is 212 g/mol. The molecule has 0 aromatic carbocycles. The molecule has 2 aromatic rings. The average molecular weight is 230 g/mol. The van der Waals surface area contributed by atoms with Crippen molar-refractivity contribution in [2.75, 3.05) is 5.32 Å². The van der Waals surface area contributed by atoms with Crippen LogP contribution >= 0.6 is 0 Å². The Morgan fingerprint density at radius 2 is 2.35 bits per heavy atom. The molecule has 4 nitrogen and oxygen atoms in total. The van der Waals surface area contributed by atoms with Gasteiger partial charge in [0, 0.05) is 19.3 Å². The second-order valence-electron chi connectivity index (χ2n) is 4.92. The van der Waals surface area contributed by atoms with E-state index in [1.165, 1.54) is 19.3 Å². The summed E-state index contributed by atoms with van der Waals surface area (Å²) in [6, 6.07) is 2.61. The van der Waals surface area contributed by atoms with E-state index >= 15 is 0 Å². The third kappa shape index (κ3) is 1.88. The van der Waals surface area contributed by atoms with Gasteiger partial charge in [0.2, 0.25) is 0 Å². The molecule has 90 valence electrons. The first kappa shape index (κ1) is 10.6. The largest absolute Gasteiger partial charge is 0.365 e. The van der Waals surface area contributed by atoms with E-state index < -0.39 is 0 Å². The number of nitrogens with one attached hydrogen (secondary N) is 1. The fourth-order valence-corrected chi connectivity index (χ4v) is 2.46. The lowest BCUT2D eigenvalue weighted by Gasteiger charge is -2.05. The summed E-state index contributed by atoms with van der Waals surface area (Å²) in [6.45, 7) is 2.24. The average Bonchev–Trinajstić information content (AvgIpc) is 2.93. The summed E-state index contributed by atoms with van der Waals surface area (Å²) in [7, 11) is 2.01. The summed E-state index contributed by atoms with van der Waals surface area (Å²) in [5.41, 5.74) is 2.12. The molecule has 2 atom stereocenters.